The number of thiazole rings is 4. The van der Waals surface area contributed by atoms with Gasteiger partial charge in [-0.05, 0) is 113 Å². The summed E-state index contributed by atoms with van der Waals surface area (Å²) in [6.45, 7) is 14.1. The van der Waals surface area contributed by atoms with Crippen molar-refractivity contribution in [3.63, 3.8) is 0 Å². The highest BCUT2D eigenvalue weighted by Crippen LogP contribution is 2.27. The van der Waals surface area contributed by atoms with Gasteiger partial charge in [0.05, 0.1) is 67.9 Å². The van der Waals surface area contributed by atoms with Gasteiger partial charge >= 0.3 is 30.3 Å². The van der Waals surface area contributed by atoms with E-state index in [9.17, 15) is 38.7 Å². The molecule has 22 nitrogen and oxygen atoms in total. The van der Waals surface area contributed by atoms with Gasteiger partial charge in [0.1, 0.15) is 24.9 Å². The number of carbonyl (C=O) groups excluding carboxylic acids is 7. The summed E-state index contributed by atoms with van der Waals surface area (Å²) in [6.07, 6.45) is 7.10. The molecule has 0 bridgehead atoms. The average Bonchev–Trinajstić information content (AvgIpc) is 1.28. The molecule has 0 aliphatic rings. The number of urea groups is 2. The zero-order valence-electron chi connectivity index (χ0n) is 61.0. The minimum Gasteiger partial charge on any atom is -0.444 e. The van der Waals surface area contributed by atoms with Crippen LogP contribution in [0.2, 0.25) is 0 Å². The van der Waals surface area contributed by atoms with E-state index >= 15 is 0 Å². The lowest BCUT2D eigenvalue weighted by atomic mass is 9.86. The number of nitrogens with zero attached hydrogens (tertiary/aromatic N) is 6. The summed E-state index contributed by atoms with van der Waals surface area (Å²) in [6, 6.07) is 36.5. The number of hydrogen-bond acceptors (Lipinski definition) is 19. The molecule has 0 aliphatic heterocycles. The number of hydrogen-bond donors (Lipinski definition) is 6. The van der Waals surface area contributed by atoms with Crippen molar-refractivity contribution in [1.29, 1.82) is 0 Å². The molecule has 0 spiro atoms. The van der Waals surface area contributed by atoms with Crippen LogP contribution in [0.25, 0.3) is 0 Å². The van der Waals surface area contributed by atoms with E-state index in [-0.39, 0.29) is 87.0 Å². The molecule has 558 valence electrons. The van der Waals surface area contributed by atoms with Gasteiger partial charge in [-0.25, -0.2) is 33.9 Å². The number of nitrogens with one attached hydrogen (secondary N) is 5. The van der Waals surface area contributed by atoms with E-state index in [4.69, 9.17) is 14.2 Å². The van der Waals surface area contributed by atoms with Crippen LogP contribution in [0, 0.1) is 11.8 Å². The third-order valence-electron chi connectivity index (χ3n) is 16.8. The number of aromatic nitrogens is 4. The van der Waals surface area contributed by atoms with Crippen LogP contribution in [0.1, 0.15) is 159 Å². The van der Waals surface area contributed by atoms with Gasteiger partial charge in [0.25, 0.3) is 0 Å². The predicted molar refractivity (Wildman–Crippen MR) is 410 cm³/mol. The quantitative estimate of drug-likeness (QED) is 0.0196. The van der Waals surface area contributed by atoms with Crippen molar-refractivity contribution >= 4 is 87.3 Å². The summed E-state index contributed by atoms with van der Waals surface area (Å²) in [5.74, 6) is -0.0163. The second-order valence-corrected chi connectivity index (χ2v) is 31.3. The number of alkyl carbamates (subject to hydrolysis) is 3. The van der Waals surface area contributed by atoms with Crippen molar-refractivity contribution in [3.8, 4) is 0 Å². The molecule has 26 heteroatoms. The van der Waals surface area contributed by atoms with E-state index in [0.717, 1.165) is 53.4 Å². The van der Waals surface area contributed by atoms with Crippen LogP contribution in [0.3, 0.4) is 0 Å². The van der Waals surface area contributed by atoms with E-state index in [1.165, 1.54) is 32.5 Å². The zero-order chi connectivity index (χ0) is 74.8. The van der Waals surface area contributed by atoms with E-state index in [2.05, 4.69) is 74.2 Å². The molecule has 0 saturated carbocycles. The second-order valence-electron chi connectivity index (χ2n) is 27.5. The number of aliphatic hydroxyl groups excluding tert-OH is 1. The Morgan fingerprint density at radius 3 is 1.23 bits per heavy atom. The maximum Gasteiger partial charge on any atom is 0.407 e. The highest BCUT2D eigenvalue weighted by Gasteiger charge is 2.30. The number of carbonyl (C=O) groups is 7. The van der Waals surface area contributed by atoms with Crippen LogP contribution in [0.4, 0.5) is 24.0 Å². The lowest BCUT2D eigenvalue weighted by molar-refractivity contribution is -0.123. The maximum absolute atomic E-state index is 14.3. The molecule has 0 radical (unpaired) electrons. The van der Waals surface area contributed by atoms with Gasteiger partial charge in [0.2, 0.25) is 0 Å². The maximum atomic E-state index is 14.3. The van der Waals surface area contributed by atoms with E-state index in [0.29, 0.717) is 63.8 Å². The second kappa shape index (κ2) is 43.4. The molecule has 8 rings (SSSR count). The SMILES string of the molecule is CC(C)c1nc(CN(C)C(=O)NC(CCNC(=O)OC(C)(C)C)C(=O)CC(CCC(Cc2ccccc2)NC(=O)OCc2cncs2)Cc2ccccc2)cs1.CC(C)c1nc(CN(C)C(=O)NC(CO)C(=O)CC(CCC(Cc2ccccc2)NC(=O)OCc2cncs2)Cc2ccccc2)cs1. The number of benzene rings is 4. The summed E-state index contributed by atoms with van der Waals surface area (Å²) in [5.41, 5.74) is 8.57. The average molecular weight is 1500 g/mol. The molecule has 0 fully saturated rings. The first kappa shape index (κ1) is 82.3. The molecule has 7 amide bonds. The fourth-order valence-electron chi connectivity index (χ4n) is 11.4. The first-order valence-electron chi connectivity index (χ1n) is 35.3. The smallest absolute Gasteiger partial charge is 0.407 e. The number of amides is 7. The molecule has 8 aromatic rings. The fraction of sp³-hybridized carbons (Fsp3) is 0.449. The van der Waals surface area contributed by atoms with Gasteiger partial charge < -0.3 is 55.7 Å². The molecular formula is C78H101N11O11S4. The van der Waals surface area contributed by atoms with Crippen molar-refractivity contribution in [2.75, 3.05) is 27.2 Å². The molecule has 4 heterocycles. The van der Waals surface area contributed by atoms with Crippen LogP contribution < -0.4 is 26.6 Å². The Kier molecular flexibility index (Phi) is 34.3. The van der Waals surface area contributed by atoms with Crippen molar-refractivity contribution in [2.45, 2.75) is 187 Å². The molecule has 4 aromatic heterocycles. The number of ketones is 2. The van der Waals surface area contributed by atoms with Crippen LogP contribution in [0.5, 0.6) is 0 Å². The number of ether oxygens (including phenoxy) is 3. The van der Waals surface area contributed by atoms with Crippen LogP contribution >= 0.6 is 45.3 Å². The molecule has 6 N–H and O–H groups in total. The normalized spacial score (nSPS) is 13.0. The lowest BCUT2D eigenvalue weighted by Gasteiger charge is -2.26. The number of rotatable bonds is 38. The Hall–Kier alpha value is -8.95. The zero-order valence-corrected chi connectivity index (χ0v) is 64.3. The standard InChI is InChI=1S/C42H56N6O6S2.C36H45N5O5S2/c1-29(2)38-45-34(27-55-38)25-48(6)39(50)47-36(19-20-44-40(51)54-42(3,4)5)37(49)23-32(21-30-13-9-7-10-14-30)17-18-33(22-31-15-11-8-12-16-31)46-41(52)53-26-35-24-43-28-56-35;1-25(2)34-38-30(23-47-34)20-41(3)35(44)40-32(21-42)33(43)18-28(16-26-10-6-4-7-11-26)14-15-29(17-27-12-8-5-9-13-27)39-36(45)46-22-31-19-37-24-48-31/h7-16,24,27-29,32-33,36H,17-23,25-26H2,1-6H3,(H,44,51)(H,46,52)(H,47,50);4-13,19,23-25,28-29,32,42H,14-18,20-22H2,1-3H3,(H,39,45)(H,40,44). The van der Waals surface area contributed by atoms with Crippen molar-refractivity contribution in [2.24, 2.45) is 11.8 Å². The first-order chi connectivity index (χ1) is 49.9. The van der Waals surface area contributed by atoms with E-state index in [1.807, 2.05) is 132 Å². The third-order valence-corrected chi connectivity index (χ3v) is 20.7. The van der Waals surface area contributed by atoms with Crippen LogP contribution in [-0.2, 0) is 75.8 Å². The Morgan fingerprint density at radius 1 is 0.490 bits per heavy atom. The summed E-state index contributed by atoms with van der Waals surface area (Å²) in [4.78, 5) is 115. The van der Waals surface area contributed by atoms with Crippen molar-refractivity contribution < 1.29 is 52.9 Å². The number of Topliss-reactive ketones (excluding diaryl/α,β-unsaturated/α-hetero) is 2. The Morgan fingerprint density at radius 2 is 0.875 bits per heavy atom. The summed E-state index contributed by atoms with van der Waals surface area (Å²) >= 11 is 5.96. The fourth-order valence-corrected chi connectivity index (χ4v) is 14.0. The Bertz CT molecular complexity index is 3840. The van der Waals surface area contributed by atoms with Gasteiger partial charge in [-0.15, -0.1) is 45.3 Å². The summed E-state index contributed by atoms with van der Waals surface area (Å²) in [5, 5.41) is 30.5. The van der Waals surface area contributed by atoms with Crippen molar-refractivity contribution in [3.05, 3.63) is 209 Å². The molecular weight excluding hydrogens is 1400 g/mol. The molecule has 6 unspecified atom stereocenters. The molecule has 4 aromatic carbocycles. The summed E-state index contributed by atoms with van der Waals surface area (Å²) < 4.78 is 16.4. The van der Waals surface area contributed by atoms with Crippen LogP contribution in [0.15, 0.2) is 156 Å². The highest BCUT2D eigenvalue weighted by molar-refractivity contribution is 7.10. The third kappa shape index (κ3) is 30.8. The predicted octanol–water partition coefficient (Wildman–Crippen LogP) is 14.6. The van der Waals surface area contributed by atoms with E-state index < -0.39 is 54.6 Å². The molecule has 0 saturated heterocycles. The molecule has 104 heavy (non-hydrogen) atoms. The van der Waals surface area contributed by atoms with Gasteiger partial charge in [0.15, 0.2) is 11.6 Å². The lowest BCUT2D eigenvalue weighted by Crippen LogP contribution is -2.48. The summed E-state index contributed by atoms with van der Waals surface area (Å²) in [7, 11) is 3.31. The molecule has 0 aliphatic carbocycles. The van der Waals surface area contributed by atoms with Crippen molar-refractivity contribution in [1.82, 2.24) is 56.3 Å². The minimum absolute atomic E-state index is 0.0960. The monoisotopic (exact) mass is 1500 g/mol. The van der Waals surface area contributed by atoms with Crippen LogP contribution in [-0.4, -0.2) is 134 Å². The number of aliphatic hydroxyl groups is 1. The Labute approximate surface area is 627 Å². The minimum atomic E-state index is -1.04. The van der Waals surface area contributed by atoms with Gasteiger partial charge in [0, 0.05) is 80.6 Å². The largest absolute Gasteiger partial charge is 0.444 e. The van der Waals surface area contributed by atoms with Gasteiger partial charge in [-0.1, -0.05) is 149 Å². The molecule has 6 atom stereocenters. The Balaban J connectivity index is 0.000000294. The van der Waals surface area contributed by atoms with Gasteiger partial charge in [-0.2, -0.15) is 0 Å². The topological polar surface area (TPSA) is 286 Å². The van der Waals surface area contributed by atoms with Gasteiger partial charge in [-0.3, -0.25) is 19.6 Å². The van der Waals surface area contributed by atoms with E-state index in [1.54, 1.807) is 81.0 Å². The first-order valence-corrected chi connectivity index (χ1v) is 38.8. The highest BCUT2D eigenvalue weighted by atomic mass is 32.1.